The molecule has 1 aromatic carbocycles. The first-order valence-electron chi connectivity index (χ1n) is 3.92. The Morgan fingerprint density at radius 3 is 1.69 bits per heavy atom. The van der Waals surface area contributed by atoms with Crippen molar-refractivity contribution in [2.24, 2.45) is 0 Å². The molecule has 0 spiro atoms. The molecule has 0 aliphatic heterocycles. The summed E-state index contributed by atoms with van der Waals surface area (Å²) in [6.07, 6.45) is 0. The van der Waals surface area contributed by atoms with E-state index in [1.54, 1.807) is 0 Å². The molecule has 0 atom stereocenters. The van der Waals surface area contributed by atoms with E-state index in [0.717, 1.165) is 5.56 Å². The monoisotopic (exact) mass is 227 g/mol. The van der Waals surface area contributed by atoms with Crippen LogP contribution in [0.1, 0.15) is 24.2 Å². The van der Waals surface area contributed by atoms with Crippen LogP contribution in [0.15, 0.2) is 30.3 Å². The number of ketones is 1. The fourth-order valence-electron chi connectivity index (χ4n) is 0.624. The number of carbonyl (C=O) groups excluding carboxylic acids is 2. The third kappa shape index (κ3) is 7.54. The zero-order valence-electron chi connectivity index (χ0n) is 7.91. The van der Waals surface area contributed by atoms with Gasteiger partial charge in [-0.2, -0.15) is 0 Å². The van der Waals surface area contributed by atoms with Gasteiger partial charge in [0, 0.05) is 0 Å². The Bertz CT molecular complexity index is 276. The summed E-state index contributed by atoms with van der Waals surface area (Å²) in [6, 6.07) is 9.34. The van der Waals surface area contributed by atoms with Gasteiger partial charge < -0.3 is 4.79 Å². The first-order chi connectivity index (χ1) is 6.04. The van der Waals surface area contributed by atoms with Crippen LogP contribution in [-0.4, -0.2) is 10.2 Å². The topological polar surface area (TPSA) is 34.1 Å². The molecular formula is C10H11O2Zn. The molecule has 1 aromatic rings. The molecule has 0 bridgehead atoms. The molecule has 3 heteroatoms. The second kappa shape index (κ2) is 6.67. The Kier molecular flexibility index (Phi) is 6.25. The van der Waals surface area contributed by atoms with Crippen molar-refractivity contribution in [3.8, 4) is 0 Å². The molecule has 0 radical (unpaired) electrons. The van der Waals surface area contributed by atoms with Crippen molar-refractivity contribution in [3.63, 3.8) is 0 Å². The third-order valence-corrected chi connectivity index (χ3v) is 1.95. The molecule has 0 aliphatic rings. The van der Waals surface area contributed by atoms with Gasteiger partial charge in [-0.1, -0.05) is 0 Å². The number of hydrogen-bond donors (Lipinski definition) is 0. The van der Waals surface area contributed by atoms with E-state index in [-0.39, 0.29) is 10.2 Å². The summed E-state index contributed by atoms with van der Waals surface area (Å²) in [5.74, 6) is 0.167. The summed E-state index contributed by atoms with van der Waals surface area (Å²) >= 11 is 0.712. The standard InChI is InChI=1S/C7H5O.C3H6O.Zn/c8-6-7-4-2-1-3-5-7;1-3(2)4;/h1-5H;1-2H3;. The number of hydrogen-bond acceptors (Lipinski definition) is 2. The molecule has 0 aromatic heterocycles. The van der Waals surface area contributed by atoms with Crippen LogP contribution < -0.4 is 0 Å². The van der Waals surface area contributed by atoms with Gasteiger partial charge in [-0.3, -0.25) is 0 Å². The second-order valence-electron chi connectivity index (χ2n) is 2.70. The first kappa shape index (κ1) is 12.2. The molecule has 0 heterocycles. The van der Waals surface area contributed by atoms with E-state index >= 15 is 0 Å². The van der Waals surface area contributed by atoms with Crippen molar-refractivity contribution in [2.45, 2.75) is 13.8 Å². The molecule has 65 valence electrons. The minimum atomic E-state index is 0.167. The van der Waals surface area contributed by atoms with Crippen LogP contribution in [0, 0.1) is 0 Å². The number of benzene rings is 1. The summed E-state index contributed by atoms with van der Waals surface area (Å²) in [6.45, 7) is 3.06. The Hall–Kier alpha value is -0.817. The van der Waals surface area contributed by atoms with Gasteiger partial charge in [0.2, 0.25) is 0 Å². The van der Waals surface area contributed by atoms with E-state index < -0.39 is 0 Å². The zero-order chi connectivity index (χ0) is 10.3. The summed E-state index contributed by atoms with van der Waals surface area (Å²) in [4.78, 5) is 20.1. The molecule has 0 unspecified atom stereocenters. The van der Waals surface area contributed by atoms with Crippen LogP contribution in [0.5, 0.6) is 0 Å². The third-order valence-electron chi connectivity index (χ3n) is 1.10. The molecule has 13 heavy (non-hydrogen) atoms. The van der Waals surface area contributed by atoms with E-state index in [4.69, 9.17) is 0 Å². The zero-order valence-corrected chi connectivity index (χ0v) is 10.9. The Morgan fingerprint density at radius 2 is 1.46 bits per heavy atom. The normalized spacial score (nSPS) is 8.31. The van der Waals surface area contributed by atoms with Crippen molar-refractivity contribution < 1.29 is 27.9 Å². The Balaban J connectivity index is 0.000000310. The molecule has 0 fully saturated rings. The van der Waals surface area contributed by atoms with Gasteiger partial charge in [0.15, 0.2) is 0 Å². The molecule has 0 N–H and O–H groups in total. The first-order valence-corrected chi connectivity index (χ1v) is 5.41. The molecule has 0 amide bonds. The summed E-state index contributed by atoms with van der Waals surface area (Å²) in [5, 5.41) is 0. The molecule has 0 saturated heterocycles. The van der Waals surface area contributed by atoms with Crippen molar-refractivity contribution in [1.29, 1.82) is 0 Å². The van der Waals surface area contributed by atoms with E-state index in [1.165, 1.54) is 13.8 Å². The predicted octanol–water partition coefficient (Wildman–Crippen LogP) is 1.97. The van der Waals surface area contributed by atoms with Crippen LogP contribution in [0.2, 0.25) is 0 Å². The van der Waals surface area contributed by atoms with Gasteiger partial charge in [-0.25, -0.2) is 0 Å². The average Bonchev–Trinajstić information content (AvgIpc) is 2.05. The maximum absolute atomic E-state index is 10.7. The van der Waals surface area contributed by atoms with Crippen molar-refractivity contribution in [1.82, 2.24) is 0 Å². The quantitative estimate of drug-likeness (QED) is 0.689. The molecular weight excluding hydrogens is 217 g/mol. The summed E-state index contributed by atoms with van der Waals surface area (Å²) < 4.78 is 0.246. The van der Waals surface area contributed by atoms with Gasteiger partial charge in [0.1, 0.15) is 5.78 Å². The van der Waals surface area contributed by atoms with E-state index in [9.17, 15) is 9.59 Å². The number of carbonyl (C=O) groups is 2. The molecule has 2 nitrogen and oxygen atoms in total. The van der Waals surface area contributed by atoms with Crippen LogP contribution in [0.3, 0.4) is 0 Å². The Morgan fingerprint density at radius 1 is 1.08 bits per heavy atom. The van der Waals surface area contributed by atoms with E-state index in [0.29, 0.717) is 18.3 Å². The van der Waals surface area contributed by atoms with Crippen LogP contribution in [0.4, 0.5) is 0 Å². The van der Waals surface area contributed by atoms with Gasteiger partial charge in [-0.05, 0) is 13.8 Å². The van der Waals surface area contributed by atoms with Crippen molar-refractivity contribution in [3.05, 3.63) is 35.9 Å². The summed E-state index contributed by atoms with van der Waals surface area (Å²) in [7, 11) is 0. The predicted molar refractivity (Wildman–Crippen MR) is 47.1 cm³/mol. The van der Waals surface area contributed by atoms with Crippen molar-refractivity contribution >= 4 is 10.2 Å². The second-order valence-corrected chi connectivity index (χ2v) is 4.04. The van der Waals surface area contributed by atoms with Gasteiger partial charge in [0.25, 0.3) is 0 Å². The molecule has 0 aliphatic carbocycles. The van der Waals surface area contributed by atoms with Crippen LogP contribution in [0.25, 0.3) is 0 Å². The van der Waals surface area contributed by atoms with E-state index in [1.807, 2.05) is 30.3 Å². The van der Waals surface area contributed by atoms with E-state index in [2.05, 4.69) is 0 Å². The maximum atomic E-state index is 10.7. The number of rotatable bonds is 1. The Labute approximate surface area is 88.0 Å². The molecule has 0 saturated carbocycles. The van der Waals surface area contributed by atoms with Gasteiger partial charge >= 0.3 is 63.4 Å². The average molecular weight is 229 g/mol. The van der Waals surface area contributed by atoms with Gasteiger partial charge in [-0.15, -0.1) is 0 Å². The number of Topliss-reactive ketones (excluding diaryl/α,β-unsaturated/α-hetero) is 1. The fourth-order valence-corrected chi connectivity index (χ4v) is 1.12. The minimum absolute atomic E-state index is 0.167. The van der Waals surface area contributed by atoms with Gasteiger partial charge in [0.05, 0.1) is 0 Å². The van der Waals surface area contributed by atoms with Crippen LogP contribution >= 0.6 is 0 Å². The van der Waals surface area contributed by atoms with Crippen molar-refractivity contribution in [2.75, 3.05) is 0 Å². The molecule has 1 rings (SSSR count). The van der Waals surface area contributed by atoms with Crippen LogP contribution in [-0.2, 0) is 23.1 Å². The summed E-state index contributed by atoms with van der Waals surface area (Å²) in [5.41, 5.74) is 0.831. The fraction of sp³-hybridized carbons (Fsp3) is 0.200. The SMILES string of the molecule is CC(C)=O.O=[C]([Zn])c1ccccc1.